The van der Waals surface area contributed by atoms with Crippen molar-refractivity contribution in [1.82, 2.24) is 0 Å². The van der Waals surface area contributed by atoms with Gasteiger partial charge in [0.2, 0.25) is 0 Å². The molecule has 2 rings (SSSR count). The number of benzene rings is 1. The molecule has 0 aliphatic heterocycles. The highest BCUT2D eigenvalue weighted by molar-refractivity contribution is 9.10. The average molecular weight is 321 g/mol. The van der Waals surface area contributed by atoms with Crippen molar-refractivity contribution in [2.45, 2.75) is 35.7 Å². The second-order valence-corrected chi connectivity index (χ2v) is 5.61. The van der Waals surface area contributed by atoms with Gasteiger partial charge in [-0.1, -0.05) is 34.5 Å². The molecule has 0 bridgehead atoms. The van der Waals surface area contributed by atoms with Gasteiger partial charge >= 0.3 is 6.18 Å². The van der Waals surface area contributed by atoms with Gasteiger partial charge in [-0.15, -0.1) is 0 Å². The number of hydrogen-bond acceptors (Lipinski definition) is 1. The van der Waals surface area contributed by atoms with E-state index in [1.54, 1.807) is 0 Å². The van der Waals surface area contributed by atoms with Crippen molar-refractivity contribution in [1.29, 1.82) is 0 Å². The molecule has 18 heavy (non-hydrogen) atoms. The number of carbonyl (C=O) groups excluding carboxylic acids is 1. The Kier molecular flexibility index (Phi) is 3.54. The van der Waals surface area contributed by atoms with E-state index in [4.69, 9.17) is 0 Å². The number of rotatable bonds is 3. The first kappa shape index (κ1) is 13.6. The van der Waals surface area contributed by atoms with Crippen LogP contribution in [0.1, 0.15) is 30.4 Å². The van der Waals surface area contributed by atoms with Crippen LogP contribution in [0.25, 0.3) is 0 Å². The van der Waals surface area contributed by atoms with E-state index in [-0.39, 0.29) is 10.2 Å². The Morgan fingerprint density at radius 1 is 1.22 bits per heavy atom. The quantitative estimate of drug-likeness (QED) is 0.605. The second kappa shape index (κ2) is 4.68. The van der Waals surface area contributed by atoms with Crippen molar-refractivity contribution in [3.05, 3.63) is 35.4 Å². The largest absolute Gasteiger partial charge is 0.416 e. The third kappa shape index (κ3) is 2.20. The summed E-state index contributed by atoms with van der Waals surface area (Å²) in [5.41, 5.74) is -0.181. The maximum absolute atomic E-state index is 12.5. The summed E-state index contributed by atoms with van der Waals surface area (Å²) < 4.78 is 37.4. The molecular weight excluding hydrogens is 309 g/mol. The van der Waals surface area contributed by atoms with Gasteiger partial charge in [0.05, 0.1) is 10.4 Å². The molecule has 1 fully saturated rings. The molecule has 0 heterocycles. The molecule has 0 aromatic heterocycles. The van der Waals surface area contributed by atoms with Crippen LogP contribution in [0.15, 0.2) is 24.3 Å². The van der Waals surface area contributed by atoms with Crippen LogP contribution in [0.4, 0.5) is 13.2 Å². The normalized spacial score (nSPS) is 20.0. The summed E-state index contributed by atoms with van der Waals surface area (Å²) in [6, 6.07) is 5.14. The summed E-state index contributed by atoms with van der Waals surface area (Å²) >= 11 is 3.32. The summed E-state index contributed by atoms with van der Waals surface area (Å²) in [5, 5.41) is 0. The predicted octanol–water partition coefficient (Wildman–Crippen LogP) is 4.09. The molecule has 0 spiro atoms. The van der Waals surface area contributed by atoms with Gasteiger partial charge in [0, 0.05) is 5.41 Å². The van der Waals surface area contributed by atoms with Crippen molar-refractivity contribution in [3.63, 3.8) is 0 Å². The molecule has 0 N–H and O–H groups in total. The molecule has 5 heteroatoms. The lowest BCUT2D eigenvalue weighted by Gasteiger charge is -2.44. The van der Waals surface area contributed by atoms with E-state index in [2.05, 4.69) is 15.9 Å². The Hall–Kier alpha value is -0.840. The molecule has 1 aromatic carbocycles. The van der Waals surface area contributed by atoms with Crippen LogP contribution in [0.3, 0.4) is 0 Å². The van der Waals surface area contributed by atoms with Crippen molar-refractivity contribution < 1.29 is 18.0 Å². The average Bonchev–Trinajstić information content (AvgIpc) is 2.27. The lowest BCUT2D eigenvalue weighted by molar-refractivity contribution is -0.137. The van der Waals surface area contributed by atoms with Crippen LogP contribution < -0.4 is 0 Å². The molecule has 98 valence electrons. The Labute approximate surface area is 112 Å². The van der Waals surface area contributed by atoms with E-state index in [0.29, 0.717) is 0 Å². The zero-order chi connectivity index (χ0) is 13.4. The Morgan fingerprint density at radius 3 is 2.11 bits per heavy atom. The molecule has 0 amide bonds. The summed E-state index contributed by atoms with van der Waals surface area (Å²) in [6.45, 7) is 0. The zero-order valence-electron chi connectivity index (χ0n) is 9.51. The maximum Gasteiger partial charge on any atom is 0.416 e. The molecule has 1 aromatic rings. The van der Waals surface area contributed by atoms with Crippen LogP contribution in [-0.4, -0.2) is 11.1 Å². The predicted molar refractivity (Wildman–Crippen MR) is 65.8 cm³/mol. The second-order valence-electron chi connectivity index (χ2n) is 4.62. The highest BCUT2D eigenvalue weighted by Crippen LogP contribution is 2.48. The lowest BCUT2D eigenvalue weighted by atomic mass is 9.62. The van der Waals surface area contributed by atoms with E-state index < -0.39 is 11.7 Å². The molecule has 1 atom stereocenters. The Morgan fingerprint density at radius 2 is 1.78 bits per heavy atom. The zero-order valence-corrected chi connectivity index (χ0v) is 11.1. The number of aldehydes is 1. The van der Waals surface area contributed by atoms with E-state index in [9.17, 15) is 18.0 Å². The van der Waals surface area contributed by atoms with E-state index >= 15 is 0 Å². The van der Waals surface area contributed by atoms with Crippen molar-refractivity contribution in [2.75, 3.05) is 0 Å². The molecule has 1 aliphatic carbocycles. The van der Waals surface area contributed by atoms with Gasteiger partial charge in [0.25, 0.3) is 0 Å². The number of carbonyl (C=O) groups is 1. The molecule has 0 saturated heterocycles. The van der Waals surface area contributed by atoms with E-state index in [0.717, 1.165) is 43.2 Å². The number of alkyl halides is 4. The van der Waals surface area contributed by atoms with Gasteiger partial charge in [0.15, 0.2) is 0 Å². The lowest BCUT2D eigenvalue weighted by Crippen LogP contribution is -2.43. The van der Waals surface area contributed by atoms with E-state index in [1.807, 2.05) is 0 Å². The molecule has 1 unspecified atom stereocenters. The van der Waals surface area contributed by atoms with Crippen molar-refractivity contribution in [2.24, 2.45) is 0 Å². The number of hydrogen-bond donors (Lipinski definition) is 0. The summed E-state index contributed by atoms with van der Waals surface area (Å²) in [4.78, 5) is 10.6. The monoisotopic (exact) mass is 320 g/mol. The molecule has 0 radical (unpaired) electrons. The fourth-order valence-corrected chi connectivity index (χ4v) is 3.12. The van der Waals surface area contributed by atoms with Crippen LogP contribution in [-0.2, 0) is 16.4 Å². The fraction of sp³-hybridized carbons (Fsp3) is 0.462. The molecule has 1 nitrogen and oxygen atoms in total. The first-order valence-corrected chi connectivity index (χ1v) is 6.59. The van der Waals surface area contributed by atoms with Crippen LogP contribution in [0.2, 0.25) is 0 Å². The van der Waals surface area contributed by atoms with Crippen molar-refractivity contribution in [3.8, 4) is 0 Å². The van der Waals surface area contributed by atoms with Gasteiger partial charge < -0.3 is 4.79 Å². The molecular formula is C13H12BrF3O. The standard InChI is InChI=1S/C13H12BrF3O/c14-11(8-18)12(6-1-7-12)9-2-4-10(5-3-9)13(15,16)17/h2-5,8,11H,1,6-7H2. The topological polar surface area (TPSA) is 17.1 Å². The minimum Gasteiger partial charge on any atom is -0.302 e. The fourth-order valence-electron chi connectivity index (χ4n) is 2.40. The number of halogens is 4. The van der Waals surface area contributed by atoms with Crippen molar-refractivity contribution >= 4 is 22.2 Å². The van der Waals surface area contributed by atoms with Gasteiger partial charge in [-0.2, -0.15) is 13.2 Å². The first-order valence-electron chi connectivity index (χ1n) is 5.67. The summed E-state index contributed by atoms with van der Waals surface area (Å²) in [5.74, 6) is 0. The molecule has 1 saturated carbocycles. The van der Waals surface area contributed by atoms with Gasteiger partial charge in [0.1, 0.15) is 6.29 Å². The minimum atomic E-state index is -4.32. The van der Waals surface area contributed by atoms with Crippen LogP contribution in [0, 0.1) is 0 Å². The third-order valence-corrected chi connectivity index (χ3v) is 4.77. The minimum absolute atomic E-state index is 0.328. The first-order chi connectivity index (χ1) is 8.40. The van der Waals surface area contributed by atoms with Crippen LogP contribution >= 0.6 is 15.9 Å². The Balaban J connectivity index is 2.31. The Bertz CT molecular complexity index is 435. The summed E-state index contributed by atoms with van der Waals surface area (Å²) in [6.07, 6.45) is -0.850. The summed E-state index contributed by atoms with van der Waals surface area (Å²) in [7, 11) is 0. The maximum atomic E-state index is 12.5. The van der Waals surface area contributed by atoms with Gasteiger partial charge in [-0.05, 0) is 30.5 Å². The van der Waals surface area contributed by atoms with Gasteiger partial charge in [-0.3, -0.25) is 0 Å². The SMILES string of the molecule is O=CC(Br)C1(c2ccc(C(F)(F)F)cc2)CCC1. The molecule has 1 aliphatic rings. The highest BCUT2D eigenvalue weighted by Gasteiger charge is 2.44. The highest BCUT2D eigenvalue weighted by atomic mass is 79.9. The third-order valence-electron chi connectivity index (χ3n) is 3.68. The van der Waals surface area contributed by atoms with Crippen LogP contribution in [0.5, 0.6) is 0 Å². The van der Waals surface area contributed by atoms with Gasteiger partial charge in [-0.25, -0.2) is 0 Å². The smallest absolute Gasteiger partial charge is 0.302 e. The van der Waals surface area contributed by atoms with E-state index in [1.165, 1.54) is 12.1 Å².